The zero-order valence-corrected chi connectivity index (χ0v) is 12.6. The van der Waals surface area contributed by atoms with Crippen LogP contribution in [0, 0.1) is 5.92 Å². The van der Waals surface area contributed by atoms with Crippen molar-refractivity contribution in [2.75, 3.05) is 11.4 Å². The van der Waals surface area contributed by atoms with Crippen LogP contribution in [0.2, 0.25) is 5.15 Å². The molecule has 2 fully saturated rings. The van der Waals surface area contributed by atoms with Crippen LogP contribution < -0.4 is 4.90 Å². The van der Waals surface area contributed by atoms with Crippen molar-refractivity contribution >= 4 is 17.3 Å². The second-order valence-electron chi connectivity index (χ2n) is 5.58. The predicted octanol–water partition coefficient (Wildman–Crippen LogP) is 2.88. The lowest BCUT2D eigenvalue weighted by atomic mass is 10.2. The van der Waals surface area contributed by atoms with Crippen LogP contribution in [0.3, 0.4) is 0 Å². The molecule has 0 radical (unpaired) electrons. The monoisotopic (exact) mass is 304 g/mol. The summed E-state index contributed by atoms with van der Waals surface area (Å²) in [5.74, 6) is 0.746. The number of rotatable bonds is 5. The number of epoxide rings is 1. The zero-order chi connectivity index (χ0) is 14.4. The second-order valence-corrected chi connectivity index (χ2v) is 5.93. The smallest absolute Gasteiger partial charge is 0.174 e. The fraction of sp³-hybridized carbons (Fsp3) is 0.467. The van der Waals surface area contributed by atoms with Crippen LogP contribution >= 0.6 is 11.6 Å². The Morgan fingerprint density at radius 3 is 3.00 bits per heavy atom. The van der Waals surface area contributed by atoms with Crippen LogP contribution in [0.15, 0.2) is 30.7 Å². The highest BCUT2D eigenvalue weighted by Crippen LogP contribution is 2.47. The van der Waals surface area contributed by atoms with Crippen LogP contribution in [0.25, 0.3) is 5.69 Å². The molecule has 1 saturated carbocycles. The number of aromatic nitrogens is 3. The molecule has 0 amide bonds. The minimum Gasteiger partial charge on any atom is -0.347 e. The number of pyridine rings is 1. The molecule has 2 atom stereocenters. The lowest BCUT2D eigenvalue weighted by Crippen LogP contribution is -2.28. The Hall–Kier alpha value is -1.59. The summed E-state index contributed by atoms with van der Waals surface area (Å²) in [7, 11) is 0. The number of anilines is 1. The minimum atomic E-state index is 0.159. The van der Waals surface area contributed by atoms with E-state index in [2.05, 4.69) is 21.9 Å². The van der Waals surface area contributed by atoms with Crippen molar-refractivity contribution in [1.29, 1.82) is 0 Å². The first-order valence-corrected chi connectivity index (χ1v) is 7.73. The molecule has 6 heteroatoms. The van der Waals surface area contributed by atoms with Crippen molar-refractivity contribution in [1.82, 2.24) is 14.8 Å². The first-order chi connectivity index (χ1) is 10.3. The van der Waals surface area contributed by atoms with Gasteiger partial charge in [-0.3, -0.25) is 4.98 Å². The number of likely N-dealkylation sites (N-methyl/N-ethyl adjacent to an activating group) is 1. The van der Waals surface area contributed by atoms with Gasteiger partial charge in [-0.05, 0) is 37.8 Å². The van der Waals surface area contributed by atoms with E-state index in [-0.39, 0.29) is 6.23 Å². The molecule has 1 aliphatic heterocycles. The molecule has 1 aliphatic carbocycles. The molecule has 2 unspecified atom stereocenters. The summed E-state index contributed by atoms with van der Waals surface area (Å²) in [5, 5.41) is 4.90. The van der Waals surface area contributed by atoms with Crippen LogP contribution in [0.1, 0.15) is 19.8 Å². The van der Waals surface area contributed by atoms with Gasteiger partial charge in [-0.1, -0.05) is 11.6 Å². The number of halogens is 1. The number of ether oxygens (including phenoxy) is 1. The molecule has 2 aliphatic rings. The number of hydrogen-bond donors (Lipinski definition) is 0. The first-order valence-electron chi connectivity index (χ1n) is 7.35. The second kappa shape index (κ2) is 5.00. The Balaban J connectivity index is 1.60. The normalized spacial score (nSPS) is 24.1. The lowest BCUT2D eigenvalue weighted by Gasteiger charge is -2.19. The van der Waals surface area contributed by atoms with Gasteiger partial charge in [0.2, 0.25) is 0 Å². The van der Waals surface area contributed by atoms with E-state index in [9.17, 15) is 0 Å². The maximum Gasteiger partial charge on any atom is 0.174 e. The van der Waals surface area contributed by atoms with Gasteiger partial charge in [-0.15, -0.1) is 0 Å². The summed E-state index contributed by atoms with van der Waals surface area (Å²) in [6, 6.07) is 3.84. The molecular formula is C15H17ClN4O. The summed E-state index contributed by atoms with van der Waals surface area (Å²) < 4.78 is 7.60. The Morgan fingerprint density at radius 1 is 1.48 bits per heavy atom. The predicted molar refractivity (Wildman–Crippen MR) is 80.8 cm³/mol. The fourth-order valence-electron chi connectivity index (χ4n) is 2.78. The number of nitrogens with zero attached hydrogens (tertiary/aromatic N) is 4. The fourth-order valence-corrected chi connectivity index (χ4v) is 3.02. The molecule has 4 rings (SSSR count). The van der Waals surface area contributed by atoms with E-state index in [1.54, 1.807) is 17.1 Å². The highest BCUT2D eigenvalue weighted by molar-refractivity contribution is 6.32. The van der Waals surface area contributed by atoms with Gasteiger partial charge < -0.3 is 9.64 Å². The third-order valence-corrected chi connectivity index (χ3v) is 4.38. The lowest BCUT2D eigenvalue weighted by molar-refractivity contribution is 0.352. The average Bonchev–Trinajstić information content (AvgIpc) is 3.40. The minimum absolute atomic E-state index is 0.159. The Kier molecular flexibility index (Phi) is 3.12. The summed E-state index contributed by atoms with van der Waals surface area (Å²) in [5.41, 5.74) is 1.83. The van der Waals surface area contributed by atoms with E-state index >= 15 is 0 Å². The van der Waals surface area contributed by atoms with Gasteiger partial charge in [0.1, 0.15) is 6.10 Å². The standard InChI is InChI=1S/C15H17ClN4O/c1-2-19(15-13(21-15)10-5-6-10)12-9-20(18-14(12)16)11-4-3-7-17-8-11/h3-4,7-10,13,15H,2,5-6H2,1H3. The molecule has 5 nitrogen and oxygen atoms in total. The molecule has 0 bridgehead atoms. The van der Waals surface area contributed by atoms with E-state index in [0.29, 0.717) is 11.3 Å². The van der Waals surface area contributed by atoms with E-state index in [1.807, 2.05) is 18.3 Å². The third kappa shape index (κ3) is 2.40. The topological polar surface area (TPSA) is 46.5 Å². The van der Waals surface area contributed by atoms with Gasteiger partial charge in [0, 0.05) is 12.7 Å². The average molecular weight is 305 g/mol. The van der Waals surface area contributed by atoms with Crippen LogP contribution in [-0.2, 0) is 4.74 Å². The van der Waals surface area contributed by atoms with Crippen LogP contribution in [-0.4, -0.2) is 33.6 Å². The molecule has 0 spiro atoms. The molecule has 21 heavy (non-hydrogen) atoms. The quantitative estimate of drug-likeness (QED) is 0.797. The first kappa shape index (κ1) is 13.1. The molecule has 2 aromatic rings. The molecule has 0 aromatic carbocycles. The van der Waals surface area contributed by atoms with Crippen molar-refractivity contribution in [3.05, 3.63) is 35.9 Å². The van der Waals surface area contributed by atoms with Crippen molar-refractivity contribution in [2.45, 2.75) is 32.1 Å². The molecule has 1 saturated heterocycles. The number of hydrogen-bond acceptors (Lipinski definition) is 4. The van der Waals surface area contributed by atoms with Gasteiger partial charge in [0.15, 0.2) is 11.4 Å². The zero-order valence-electron chi connectivity index (χ0n) is 11.8. The summed E-state index contributed by atoms with van der Waals surface area (Å²) in [6.45, 7) is 2.97. The maximum atomic E-state index is 6.33. The van der Waals surface area contributed by atoms with Crippen molar-refractivity contribution in [2.24, 2.45) is 5.92 Å². The Labute approximate surface area is 128 Å². The highest BCUT2D eigenvalue weighted by atomic mass is 35.5. The van der Waals surface area contributed by atoms with Crippen molar-refractivity contribution in [3.8, 4) is 5.69 Å². The van der Waals surface area contributed by atoms with Gasteiger partial charge in [-0.2, -0.15) is 5.10 Å². The maximum absolute atomic E-state index is 6.33. The summed E-state index contributed by atoms with van der Waals surface area (Å²) >= 11 is 6.33. The summed E-state index contributed by atoms with van der Waals surface area (Å²) in [6.07, 6.45) is 8.59. The molecule has 3 heterocycles. The molecular weight excluding hydrogens is 288 g/mol. The largest absolute Gasteiger partial charge is 0.347 e. The van der Waals surface area contributed by atoms with E-state index in [0.717, 1.165) is 23.8 Å². The van der Waals surface area contributed by atoms with E-state index < -0.39 is 0 Å². The Morgan fingerprint density at radius 2 is 2.33 bits per heavy atom. The van der Waals surface area contributed by atoms with Gasteiger partial charge in [0.05, 0.1) is 23.8 Å². The van der Waals surface area contributed by atoms with Crippen molar-refractivity contribution in [3.63, 3.8) is 0 Å². The van der Waals surface area contributed by atoms with E-state index in [4.69, 9.17) is 16.3 Å². The molecule has 0 N–H and O–H groups in total. The summed E-state index contributed by atoms with van der Waals surface area (Å²) in [4.78, 5) is 6.31. The molecule has 2 aromatic heterocycles. The van der Waals surface area contributed by atoms with Crippen molar-refractivity contribution < 1.29 is 4.74 Å². The molecule has 110 valence electrons. The van der Waals surface area contributed by atoms with Crippen LogP contribution in [0.5, 0.6) is 0 Å². The Bertz CT molecular complexity index is 640. The SMILES string of the molecule is CCN(c1cn(-c2cccnc2)nc1Cl)C1OC1C1CC1. The van der Waals surface area contributed by atoms with Crippen LogP contribution in [0.4, 0.5) is 5.69 Å². The van der Waals surface area contributed by atoms with Gasteiger partial charge in [0.25, 0.3) is 0 Å². The van der Waals surface area contributed by atoms with Gasteiger partial charge >= 0.3 is 0 Å². The third-order valence-electron chi connectivity index (χ3n) is 4.11. The van der Waals surface area contributed by atoms with E-state index in [1.165, 1.54) is 12.8 Å². The highest BCUT2D eigenvalue weighted by Gasteiger charge is 2.52. The van der Waals surface area contributed by atoms with Gasteiger partial charge in [-0.25, -0.2) is 4.68 Å².